The van der Waals surface area contributed by atoms with Gasteiger partial charge in [-0.2, -0.15) is 0 Å². The van der Waals surface area contributed by atoms with E-state index in [9.17, 15) is 4.79 Å². The highest BCUT2D eigenvalue weighted by molar-refractivity contribution is 5.78. The van der Waals surface area contributed by atoms with E-state index in [2.05, 4.69) is 38.1 Å². The van der Waals surface area contributed by atoms with E-state index in [1.54, 1.807) is 0 Å². The Kier molecular flexibility index (Phi) is 8.20. The van der Waals surface area contributed by atoms with Crippen LogP contribution in [0.2, 0.25) is 0 Å². The minimum atomic E-state index is 0.428. The van der Waals surface area contributed by atoms with Crippen LogP contribution in [0.4, 0.5) is 0 Å². The molecule has 1 nitrogen and oxygen atoms in total. The first-order valence-corrected chi connectivity index (χ1v) is 7.79. The molecular weight excluding hydrogens is 232 g/mol. The molecule has 0 fully saturated rings. The van der Waals surface area contributed by atoms with Gasteiger partial charge in [0.2, 0.25) is 0 Å². The maximum Gasteiger partial charge on any atom is 0.133 e. The van der Waals surface area contributed by atoms with Crippen LogP contribution in [-0.4, -0.2) is 5.78 Å². The Morgan fingerprint density at radius 3 is 2.47 bits per heavy atom. The summed E-state index contributed by atoms with van der Waals surface area (Å²) in [6.45, 7) is 4.33. The van der Waals surface area contributed by atoms with Crippen LogP contribution in [0.3, 0.4) is 0 Å². The molecule has 1 rings (SSSR count). The highest BCUT2D eigenvalue weighted by Crippen LogP contribution is 2.10. The SMILES string of the molecule is CCCCCCCCC(=O)CCc1cccc(C)c1. The molecule has 1 heteroatoms. The maximum absolute atomic E-state index is 11.8. The average molecular weight is 260 g/mol. The second kappa shape index (κ2) is 9.77. The summed E-state index contributed by atoms with van der Waals surface area (Å²) in [7, 11) is 0. The van der Waals surface area contributed by atoms with E-state index in [1.165, 1.54) is 43.2 Å². The minimum absolute atomic E-state index is 0.428. The number of unbranched alkanes of at least 4 members (excludes halogenated alkanes) is 5. The van der Waals surface area contributed by atoms with E-state index in [0.29, 0.717) is 12.2 Å². The summed E-state index contributed by atoms with van der Waals surface area (Å²) in [6, 6.07) is 8.47. The van der Waals surface area contributed by atoms with Crippen molar-refractivity contribution in [1.29, 1.82) is 0 Å². The van der Waals surface area contributed by atoms with Gasteiger partial charge in [0, 0.05) is 12.8 Å². The molecule has 1 aromatic carbocycles. The molecule has 0 heterocycles. The number of carbonyl (C=O) groups excluding carboxylic acids is 1. The van der Waals surface area contributed by atoms with Crippen LogP contribution in [0.25, 0.3) is 0 Å². The van der Waals surface area contributed by atoms with Crippen LogP contribution in [0.5, 0.6) is 0 Å². The van der Waals surface area contributed by atoms with Gasteiger partial charge in [0.1, 0.15) is 5.78 Å². The summed E-state index contributed by atoms with van der Waals surface area (Å²) in [4.78, 5) is 11.8. The maximum atomic E-state index is 11.8. The van der Waals surface area contributed by atoms with Gasteiger partial charge in [-0.1, -0.05) is 68.9 Å². The van der Waals surface area contributed by atoms with E-state index in [4.69, 9.17) is 0 Å². The molecule has 106 valence electrons. The number of aryl methyl sites for hydroxylation is 2. The quantitative estimate of drug-likeness (QED) is 0.525. The van der Waals surface area contributed by atoms with E-state index in [-0.39, 0.29) is 0 Å². The number of carbonyl (C=O) groups is 1. The van der Waals surface area contributed by atoms with Crippen molar-refractivity contribution >= 4 is 5.78 Å². The third-order valence-electron chi connectivity index (χ3n) is 3.58. The van der Waals surface area contributed by atoms with Crippen molar-refractivity contribution in [3.05, 3.63) is 35.4 Å². The van der Waals surface area contributed by atoms with E-state index in [0.717, 1.165) is 19.3 Å². The third-order valence-corrected chi connectivity index (χ3v) is 3.58. The zero-order chi connectivity index (χ0) is 13.9. The van der Waals surface area contributed by atoms with Gasteiger partial charge in [-0.05, 0) is 25.3 Å². The van der Waals surface area contributed by atoms with Crippen LogP contribution in [0, 0.1) is 6.92 Å². The predicted octanol–water partition coefficient (Wildman–Crippen LogP) is 5.25. The molecule has 0 radical (unpaired) electrons. The number of ketones is 1. The van der Waals surface area contributed by atoms with Crippen molar-refractivity contribution < 1.29 is 4.79 Å². The molecule has 0 spiro atoms. The second-order valence-corrected chi connectivity index (χ2v) is 5.55. The van der Waals surface area contributed by atoms with Gasteiger partial charge in [0.25, 0.3) is 0 Å². The first-order chi connectivity index (χ1) is 9.22. The van der Waals surface area contributed by atoms with Crippen molar-refractivity contribution in [2.45, 2.75) is 71.6 Å². The molecule has 1 aromatic rings. The van der Waals surface area contributed by atoms with Gasteiger partial charge < -0.3 is 0 Å². The average Bonchev–Trinajstić information content (AvgIpc) is 2.40. The first kappa shape index (κ1) is 15.9. The number of hydrogen-bond acceptors (Lipinski definition) is 1. The van der Waals surface area contributed by atoms with Crippen molar-refractivity contribution in [3.63, 3.8) is 0 Å². The van der Waals surface area contributed by atoms with Crippen LogP contribution in [0.1, 0.15) is 69.4 Å². The number of hydrogen-bond donors (Lipinski definition) is 0. The lowest BCUT2D eigenvalue weighted by atomic mass is 10.0. The molecule has 0 amide bonds. The normalized spacial score (nSPS) is 10.6. The van der Waals surface area contributed by atoms with Crippen LogP contribution in [-0.2, 0) is 11.2 Å². The monoisotopic (exact) mass is 260 g/mol. The molecule has 0 aliphatic carbocycles. The third kappa shape index (κ3) is 7.81. The van der Waals surface area contributed by atoms with E-state index < -0.39 is 0 Å². The second-order valence-electron chi connectivity index (χ2n) is 5.55. The van der Waals surface area contributed by atoms with Crippen molar-refractivity contribution in [2.75, 3.05) is 0 Å². The summed E-state index contributed by atoms with van der Waals surface area (Å²) in [5.41, 5.74) is 2.57. The van der Waals surface area contributed by atoms with Crippen molar-refractivity contribution in [1.82, 2.24) is 0 Å². The molecule has 0 saturated heterocycles. The Labute approximate surface area is 118 Å². The fraction of sp³-hybridized carbons (Fsp3) is 0.611. The Hall–Kier alpha value is -1.11. The van der Waals surface area contributed by atoms with Gasteiger partial charge in [-0.3, -0.25) is 4.79 Å². The van der Waals surface area contributed by atoms with Gasteiger partial charge in [0.05, 0.1) is 0 Å². The molecule has 0 unspecified atom stereocenters. The Balaban J connectivity index is 2.08. The smallest absolute Gasteiger partial charge is 0.133 e. The largest absolute Gasteiger partial charge is 0.300 e. The summed E-state index contributed by atoms with van der Waals surface area (Å²) in [5, 5.41) is 0. The van der Waals surface area contributed by atoms with Crippen LogP contribution >= 0.6 is 0 Å². The lowest BCUT2D eigenvalue weighted by Crippen LogP contribution is -2.00. The zero-order valence-corrected chi connectivity index (χ0v) is 12.6. The summed E-state index contributed by atoms with van der Waals surface area (Å²) < 4.78 is 0. The number of rotatable bonds is 10. The molecule has 0 aliphatic heterocycles. The molecule has 0 saturated carbocycles. The lowest BCUT2D eigenvalue weighted by molar-refractivity contribution is -0.119. The Morgan fingerprint density at radius 2 is 1.74 bits per heavy atom. The predicted molar refractivity (Wildman–Crippen MR) is 82.5 cm³/mol. The highest BCUT2D eigenvalue weighted by Gasteiger charge is 2.03. The van der Waals surface area contributed by atoms with Crippen LogP contribution < -0.4 is 0 Å². The van der Waals surface area contributed by atoms with Crippen LogP contribution in [0.15, 0.2) is 24.3 Å². The topological polar surface area (TPSA) is 17.1 Å². The van der Waals surface area contributed by atoms with Gasteiger partial charge in [0.15, 0.2) is 0 Å². The summed E-state index contributed by atoms with van der Waals surface area (Å²) in [6.07, 6.45) is 9.92. The number of benzene rings is 1. The fourth-order valence-corrected chi connectivity index (χ4v) is 2.38. The van der Waals surface area contributed by atoms with E-state index in [1.807, 2.05) is 0 Å². The minimum Gasteiger partial charge on any atom is -0.300 e. The van der Waals surface area contributed by atoms with E-state index >= 15 is 0 Å². The summed E-state index contributed by atoms with van der Waals surface area (Å²) >= 11 is 0. The fourth-order valence-electron chi connectivity index (χ4n) is 2.38. The zero-order valence-electron chi connectivity index (χ0n) is 12.6. The molecular formula is C18H28O. The molecule has 0 aliphatic rings. The first-order valence-electron chi connectivity index (χ1n) is 7.79. The molecule has 0 N–H and O–H groups in total. The van der Waals surface area contributed by atoms with Crippen molar-refractivity contribution in [3.8, 4) is 0 Å². The number of Topliss-reactive ketones (excluding diaryl/α,β-unsaturated/α-hetero) is 1. The summed E-state index contributed by atoms with van der Waals surface area (Å²) in [5.74, 6) is 0.428. The van der Waals surface area contributed by atoms with Gasteiger partial charge in [-0.25, -0.2) is 0 Å². The van der Waals surface area contributed by atoms with Gasteiger partial charge >= 0.3 is 0 Å². The Morgan fingerprint density at radius 1 is 1.00 bits per heavy atom. The lowest BCUT2D eigenvalue weighted by Gasteiger charge is -2.03. The van der Waals surface area contributed by atoms with Gasteiger partial charge in [-0.15, -0.1) is 0 Å². The molecule has 0 atom stereocenters. The highest BCUT2D eigenvalue weighted by atomic mass is 16.1. The van der Waals surface area contributed by atoms with Crippen molar-refractivity contribution in [2.24, 2.45) is 0 Å². The molecule has 0 bridgehead atoms. The molecule has 19 heavy (non-hydrogen) atoms. The Bertz CT molecular complexity index is 368. The standard InChI is InChI=1S/C18H28O/c1-3-4-5-6-7-8-12-18(19)14-13-17-11-9-10-16(2)15-17/h9-11,15H,3-8,12-14H2,1-2H3. The molecule has 0 aromatic heterocycles.